The molecule has 0 aliphatic carbocycles. The standard InChI is InChI=1S/C21H28N2O2/c1-4-8-15(9-5-2)12-13-23-14-18-19(21(23)24)20(25-3)16-10-6-7-11-17(16)22-18/h6-7,10-11,15H,4-5,8-9,12-14H2,1-3H3. The van der Waals surface area contributed by atoms with Crippen LogP contribution in [-0.2, 0) is 6.54 Å². The van der Waals surface area contributed by atoms with E-state index in [2.05, 4.69) is 13.8 Å². The zero-order valence-electron chi connectivity index (χ0n) is 15.5. The number of hydrogen-bond acceptors (Lipinski definition) is 3. The van der Waals surface area contributed by atoms with Gasteiger partial charge in [-0.15, -0.1) is 0 Å². The Morgan fingerprint density at radius 2 is 1.88 bits per heavy atom. The molecule has 1 aromatic carbocycles. The highest BCUT2D eigenvalue weighted by molar-refractivity contribution is 6.05. The number of para-hydroxylation sites is 1. The number of hydrogen-bond donors (Lipinski definition) is 0. The molecule has 1 aromatic heterocycles. The molecule has 0 fully saturated rings. The van der Waals surface area contributed by atoms with Crippen molar-refractivity contribution in [1.82, 2.24) is 9.88 Å². The van der Waals surface area contributed by atoms with Gasteiger partial charge in [-0.1, -0.05) is 51.7 Å². The van der Waals surface area contributed by atoms with Crippen LogP contribution < -0.4 is 4.74 Å². The summed E-state index contributed by atoms with van der Waals surface area (Å²) in [6.45, 7) is 5.87. The maximum atomic E-state index is 13.0. The van der Waals surface area contributed by atoms with E-state index in [4.69, 9.17) is 9.72 Å². The summed E-state index contributed by atoms with van der Waals surface area (Å²) in [5, 5.41) is 0.911. The van der Waals surface area contributed by atoms with E-state index in [1.165, 1.54) is 25.7 Å². The summed E-state index contributed by atoms with van der Waals surface area (Å²) >= 11 is 0. The Kier molecular flexibility index (Phi) is 5.57. The third-order valence-corrected chi connectivity index (χ3v) is 5.17. The SMILES string of the molecule is CCCC(CCC)CCN1Cc2nc3ccccc3c(OC)c2C1=O. The molecule has 0 radical (unpaired) electrons. The number of pyridine rings is 1. The molecule has 0 saturated heterocycles. The van der Waals surface area contributed by atoms with Gasteiger partial charge in [-0.3, -0.25) is 4.79 Å². The normalized spacial score (nSPS) is 13.8. The van der Waals surface area contributed by atoms with Crippen LogP contribution in [0.1, 0.15) is 62.0 Å². The Morgan fingerprint density at radius 3 is 2.56 bits per heavy atom. The highest BCUT2D eigenvalue weighted by Gasteiger charge is 2.33. The number of ether oxygens (including phenoxy) is 1. The van der Waals surface area contributed by atoms with Gasteiger partial charge in [-0.05, 0) is 24.5 Å². The average molecular weight is 340 g/mol. The first-order chi connectivity index (χ1) is 12.2. The van der Waals surface area contributed by atoms with E-state index in [1.54, 1.807) is 7.11 Å². The average Bonchev–Trinajstić information content (AvgIpc) is 2.93. The van der Waals surface area contributed by atoms with Gasteiger partial charge in [0, 0.05) is 11.9 Å². The summed E-state index contributed by atoms with van der Waals surface area (Å²) < 4.78 is 5.60. The van der Waals surface area contributed by atoms with E-state index in [0.717, 1.165) is 29.6 Å². The monoisotopic (exact) mass is 340 g/mol. The minimum absolute atomic E-state index is 0.0665. The van der Waals surface area contributed by atoms with E-state index < -0.39 is 0 Å². The summed E-state index contributed by atoms with van der Waals surface area (Å²) in [4.78, 5) is 19.6. The number of methoxy groups -OCH3 is 1. The lowest BCUT2D eigenvalue weighted by molar-refractivity contribution is 0.0764. The van der Waals surface area contributed by atoms with Gasteiger partial charge >= 0.3 is 0 Å². The molecular formula is C21H28N2O2. The fraction of sp³-hybridized carbons (Fsp3) is 0.524. The fourth-order valence-corrected chi connectivity index (χ4v) is 3.96. The third kappa shape index (κ3) is 3.48. The number of nitrogens with zero attached hydrogens (tertiary/aromatic N) is 2. The number of carbonyl (C=O) groups is 1. The van der Waals surface area contributed by atoms with Crippen molar-refractivity contribution in [2.45, 2.75) is 52.5 Å². The van der Waals surface area contributed by atoms with Gasteiger partial charge in [0.25, 0.3) is 5.91 Å². The highest BCUT2D eigenvalue weighted by atomic mass is 16.5. The molecule has 0 N–H and O–H groups in total. The molecule has 0 saturated carbocycles. The lowest BCUT2D eigenvalue weighted by Gasteiger charge is -2.20. The summed E-state index contributed by atoms with van der Waals surface area (Å²) in [5.74, 6) is 1.45. The topological polar surface area (TPSA) is 42.4 Å². The summed E-state index contributed by atoms with van der Waals surface area (Å²) in [7, 11) is 1.64. The van der Waals surface area contributed by atoms with Gasteiger partial charge in [0.2, 0.25) is 0 Å². The minimum atomic E-state index is 0.0665. The van der Waals surface area contributed by atoms with Crippen LogP contribution in [0.4, 0.5) is 0 Å². The number of aromatic nitrogens is 1. The van der Waals surface area contributed by atoms with Crippen molar-refractivity contribution in [2.24, 2.45) is 5.92 Å². The van der Waals surface area contributed by atoms with Gasteiger partial charge in [-0.25, -0.2) is 4.98 Å². The summed E-state index contributed by atoms with van der Waals surface area (Å²) in [6, 6.07) is 7.87. The molecule has 25 heavy (non-hydrogen) atoms. The second kappa shape index (κ2) is 7.85. The predicted octanol–water partition coefficient (Wildman–Crippen LogP) is 4.81. The Hall–Kier alpha value is -2.10. The molecule has 1 aliphatic rings. The minimum Gasteiger partial charge on any atom is -0.495 e. The lowest BCUT2D eigenvalue weighted by Crippen LogP contribution is -2.26. The van der Waals surface area contributed by atoms with Crippen LogP contribution in [-0.4, -0.2) is 29.4 Å². The van der Waals surface area contributed by atoms with Crippen molar-refractivity contribution in [2.75, 3.05) is 13.7 Å². The van der Waals surface area contributed by atoms with Gasteiger partial charge in [0.1, 0.15) is 11.3 Å². The fourth-order valence-electron chi connectivity index (χ4n) is 3.96. The second-order valence-corrected chi connectivity index (χ2v) is 6.94. The van der Waals surface area contributed by atoms with Crippen LogP contribution in [0.5, 0.6) is 5.75 Å². The van der Waals surface area contributed by atoms with Crippen molar-refractivity contribution in [1.29, 1.82) is 0 Å². The Morgan fingerprint density at radius 1 is 1.16 bits per heavy atom. The first-order valence-corrected chi connectivity index (χ1v) is 9.44. The molecule has 0 unspecified atom stereocenters. The van der Waals surface area contributed by atoms with E-state index >= 15 is 0 Å². The second-order valence-electron chi connectivity index (χ2n) is 6.94. The molecule has 1 amide bonds. The lowest BCUT2D eigenvalue weighted by atomic mass is 9.94. The van der Waals surface area contributed by atoms with Crippen molar-refractivity contribution in [3.63, 3.8) is 0 Å². The number of rotatable bonds is 8. The molecule has 3 rings (SSSR count). The summed E-state index contributed by atoms with van der Waals surface area (Å²) in [6.07, 6.45) is 5.98. The van der Waals surface area contributed by atoms with Crippen molar-refractivity contribution >= 4 is 16.8 Å². The van der Waals surface area contributed by atoms with Crippen LogP contribution in [0.3, 0.4) is 0 Å². The van der Waals surface area contributed by atoms with Gasteiger partial charge in [-0.2, -0.15) is 0 Å². The molecule has 0 atom stereocenters. The Labute approximate surface area is 150 Å². The van der Waals surface area contributed by atoms with Crippen LogP contribution in [0.2, 0.25) is 0 Å². The van der Waals surface area contributed by atoms with Crippen LogP contribution in [0.25, 0.3) is 10.9 Å². The largest absolute Gasteiger partial charge is 0.495 e. The van der Waals surface area contributed by atoms with Crippen molar-refractivity contribution in [3.8, 4) is 5.75 Å². The van der Waals surface area contributed by atoms with Crippen LogP contribution in [0, 0.1) is 5.92 Å². The zero-order valence-corrected chi connectivity index (χ0v) is 15.5. The van der Waals surface area contributed by atoms with Crippen molar-refractivity contribution in [3.05, 3.63) is 35.5 Å². The van der Waals surface area contributed by atoms with E-state index in [9.17, 15) is 4.79 Å². The molecule has 1 aliphatic heterocycles. The van der Waals surface area contributed by atoms with E-state index in [0.29, 0.717) is 23.8 Å². The van der Waals surface area contributed by atoms with E-state index in [-0.39, 0.29) is 5.91 Å². The highest BCUT2D eigenvalue weighted by Crippen LogP contribution is 2.36. The number of benzene rings is 1. The number of fused-ring (bicyclic) bond motifs is 2. The molecular weight excluding hydrogens is 312 g/mol. The number of carbonyl (C=O) groups excluding carboxylic acids is 1. The van der Waals surface area contributed by atoms with Crippen LogP contribution >= 0.6 is 0 Å². The van der Waals surface area contributed by atoms with Gasteiger partial charge in [0.05, 0.1) is 24.9 Å². The quantitative estimate of drug-likeness (QED) is 0.693. The first kappa shape index (κ1) is 17.7. The molecule has 2 aromatic rings. The smallest absolute Gasteiger partial charge is 0.259 e. The maximum absolute atomic E-state index is 13.0. The maximum Gasteiger partial charge on any atom is 0.259 e. The predicted molar refractivity (Wildman–Crippen MR) is 101 cm³/mol. The van der Waals surface area contributed by atoms with Crippen LogP contribution in [0.15, 0.2) is 24.3 Å². The molecule has 2 heterocycles. The Balaban J connectivity index is 1.82. The third-order valence-electron chi connectivity index (χ3n) is 5.17. The van der Waals surface area contributed by atoms with Crippen molar-refractivity contribution < 1.29 is 9.53 Å². The van der Waals surface area contributed by atoms with Gasteiger partial charge < -0.3 is 9.64 Å². The summed E-state index contributed by atoms with van der Waals surface area (Å²) in [5.41, 5.74) is 2.40. The van der Waals surface area contributed by atoms with E-state index in [1.807, 2.05) is 29.2 Å². The number of amides is 1. The first-order valence-electron chi connectivity index (χ1n) is 9.44. The molecule has 4 heteroatoms. The molecule has 0 spiro atoms. The zero-order chi connectivity index (χ0) is 17.8. The van der Waals surface area contributed by atoms with Gasteiger partial charge in [0.15, 0.2) is 0 Å². The molecule has 134 valence electrons. The molecule has 0 bridgehead atoms. The Bertz CT molecular complexity index is 751. The molecule has 4 nitrogen and oxygen atoms in total.